The predicted molar refractivity (Wildman–Crippen MR) is 114 cm³/mol. The number of carbonyl (C=O) groups is 2. The number of amides is 1. The van der Waals surface area contributed by atoms with Gasteiger partial charge in [-0.25, -0.2) is 4.79 Å². The van der Waals surface area contributed by atoms with Crippen LogP contribution in [0.5, 0.6) is 11.5 Å². The summed E-state index contributed by atoms with van der Waals surface area (Å²) in [6.45, 7) is 3.29. The van der Waals surface area contributed by atoms with Crippen molar-refractivity contribution in [3.8, 4) is 11.5 Å². The van der Waals surface area contributed by atoms with E-state index in [9.17, 15) is 9.59 Å². The van der Waals surface area contributed by atoms with Crippen LogP contribution >= 0.6 is 11.6 Å². The topological polar surface area (TPSA) is 65.1 Å². The molecule has 0 saturated carbocycles. The molecule has 1 aliphatic rings. The Hall–Kier alpha value is -2.73. The molecule has 2 atom stereocenters. The molecular formula is C23H26ClNO5. The van der Waals surface area contributed by atoms with Crippen molar-refractivity contribution in [2.24, 2.45) is 0 Å². The Morgan fingerprint density at radius 3 is 2.37 bits per heavy atom. The number of para-hydroxylation sites is 1. The summed E-state index contributed by atoms with van der Waals surface area (Å²) in [5.74, 6) is 0.530. The number of methoxy groups -OCH3 is 1. The van der Waals surface area contributed by atoms with Crippen molar-refractivity contribution in [2.75, 3.05) is 20.2 Å². The fourth-order valence-electron chi connectivity index (χ4n) is 3.40. The van der Waals surface area contributed by atoms with Gasteiger partial charge in [0.25, 0.3) is 5.91 Å². The number of benzene rings is 2. The normalized spacial score (nSPS) is 15.4. The molecule has 160 valence electrons. The van der Waals surface area contributed by atoms with Crippen LogP contribution in [0.4, 0.5) is 0 Å². The van der Waals surface area contributed by atoms with Crippen LogP contribution in [-0.2, 0) is 20.7 Å². The van der Waals surface area contributed by atoms with E-state index < -0.39 is 18.2 Å². The van der Waals surface area contributed by atoms with Crippen LogP contribution in [0.1, 0.15) is 25.3 Å². The van der Waals surface area contributed by atoms with Crippen molar-refractivity contribution >= 4 is 23.5 Å². The maximum Gasteiger partial charge on any atom is 0.347 e. The van der Waals surface area contributed by atoms with Crippen molar-refractivity contribution in [2.45, 2.75) is 38.4 Å². The molecule has 1 amide bonds. The standard InChI is InChI=1S/C23H26ClNO5/c1-16(22(26)25-13-5-6-14-25)29-20-8-4-3-7-17(20)15-21(23(27)28-2)30-19-11-9-18(24)10-12-19/h3-4,7-12,16,21H,5-6,13-15H2,1-2H3. The summed E-state index contributed by atoms with van der Waals surface area (Å²) in [6.07, 6.45) is 0.801. The molecule has 2 aromatic rings. The lowest BCUT2D eigenvalue weighted by Gasteiger charge is -2.23. The third kappa shape index (κ3) is 5.66. The van der Waals surface area contributed by atoms with Crippen molar-refractivity contribution in [3.05, 3.63) is 59.1 Å². The van der Waals surface area contributed by atoms with Gasteiger partial charge in [-0.15, -0.1) is 0 Å². The lowest BCUT2D eigenvalue weighted by atomic mass is 10.1. The number of likely N-dealkylation sites (tertiary alicyclic amines) is 1. The third-order valence-corrected chi connectivity index (χ3v) is 5.26. The number of halogens is 1. The summed E-state index contributed by atoms with van der Waals surface area (Å²) < 4.78 is 16.8. The van der Waals surface area contributed by atoms with Gasteiger partial charge in [0.2, 0.25) is 0 Å². The summed E-state index contributed by atoms with van der Waals surface area (Å²) in [5.41, 5.74) is 0.753. The van der Waals surface area contributed by atoms with Gasteiger partial charge in [0.15, 0.2) is 12.2 Å². The predicted octanol–water partition coefficient (Wildman–Crippen LogP) is 3.89. The van der Waals surface area contributed by atoms with E-state index in [4.69, 9.17) is 25.8 Å². The molecule has 2 unspecified atom stereocenters. The SMILES string of the molecule is COC(=O)C(Cc1ccccc1OC(C)C(=O)N1CCCC1)Oc1ccc(Cl)cc1. The van der Waals surface area contributed by atoms with E-state index in [1.807, 2.05) is 23.1 Å². The summed E-state index contributed by atoms with van der Waals surface area (Å²) >= 11 is 5.91. The highest BCUT2D eigenvalue weighted by molar-refractivity contribution is 6.30. The smallest absolute Gasteiger partial charge is 0.347 e. The Morgan fingerprint density at radius 1 is 1.03 bits per heavy atom. The number of rotatable bonds is 8. The Bertz CT molecular complexity index is 864. The lowest BCUT2D eigenvalue weighted by molar-refractivity contribution is -0.148. The van der Waals surface area contributed by atoms with Crippen LogP contribution in [0.25, 0.3) is 0 Å². The highest BCUT2D eigenvalue weighted by atomic mass is 35.5. The molecule has 30 heavy (non-hydrogen) atoms. The van der Waals surface area contributed by atoms with E-state index in [0.717, 1.165) is 31.5 Å². The minimum absolute atomic E-state index is 0.0239. The molecule has 1 aliphatic heterocycles. The number of ether oxygens (including phenoxy) is 3. The minimum atomic E-state index is -0.870. The second-order valence-corrected chi connectivity index (χ2v) is 7.62. The minimum Gasteiger partial charge on any atom is -0.481 e. The van der Waals surface area contributed by atoms with Crippen LogP contribution < -0.4 is 9.47 Å². The third-order valence-electron chi connectivity index (χ3n) is 5.00. The molecule has 0 radical (unpaired) electrons. The number of hydrogen-bond donors (Lipinski definition) is 0. The first-order valence-electron chi connectivity index (χ1n) is 10.0. The molecule has 6 nitrogen and oxygen atoms in total. The highest BCUT2D eigenvalue weighted by Gasteiger charge is 2.27. The first-order valence-corrected chi connectivity index (χ1v) is 10.4. The zero-order valence-electron chi connectivity index (χ0n) is 17.2. The highest BCUT2D eigenvalue weighted by Crippen LogP contribution is 2.25. The van der Waals surface area contributed by atoms with Crippen LogP contribution in [0.2, 0.25) is 5.02 Å². The van der Waals surface area contributed by atoms with E-state index in [1.54, 1.807) is 37.3 Å². The fraction of sp³-hybridized carbons (Fsp3) is 0.391. The maximum absolute atomic E-state index is 12.6. The molecule has 2 aromatic carbocycles. The molecule has 0 spiro atoms. The van der Waals surface area contributed by atoms with Crippen LogP contribution in [0, 0.1) is 0 Å². The average Bonchev–Trinajstić information content (AvgIpc) is 3.29. The van der Waals surface area contributed by atoms with E-state index in [-0.39, 0.29) is 12.3 Å². The largest absolute Gasteiger partial charge is 0.481 e. The molecule has 3 rings (SSSR count). The summed E-state index contributed by atoms with van der Waals surface area (Å²) in [5, 5.41) is 0.576. The van der Waals surface area contributed by atoms with E-state index in [2.05, 4.69) is 0 Å². The number of nitrogens with zero attached hydrogens (tertiary/aromatic N) is 1. The first-order chi connectivity index (χ1) is 14.5. The lowest BCUT2D eigenvalue weighted by Crippen LogP contribution is -2.38. The second kappa shape index (κ2) is 10.3. The van der Waals surface area contributed by atoms with Gasteiger partial charge >= 0.3 is 5.97 Å². The van der Waals surface area contributed by atoms with Crippen molar-refractivity contribution in [1.29, 1.82) is 0 Å². The summed E-state index contributed by atoms with van der Waals surface area (Å²) in [6, 6.07) is 14.1. The Kier molecular flexibility index (Phi) is 7.57. The fourth-order valence-corrected chi connectivity index (χ4v) is 3.53. The number of carbonyl (C=O) groups excluding carboxylic acids is 2. The molecule has 0 N–H and O–H groups in total. The number of hydrogen-bond acceptors (Lipinski definition) is 5. The maximum atomic E-state index is 12.6. The zero-order chi connectivity index (χ0) is 21.5. The quantitative estimate of drug-likeness (QED) is 0.593. The van der Waals surface area contributed by atoms with Crippen molar-refractivity contribution in [1.82, 2.24) is 4.90 Å². The molecule has 0 aromatic heterocycles. The van der Waals surface area contributed by atoms with Crippen molar-refractivity contribution < 1.29 is 23.8 Å². The molecular weight excluding hydrogens is 406 g/mol. The molecule has 1 heterocycles. The molecule has 0 aliphatic carbocycles. The first kappa shape index (κ1) is 22.0. The van der Waals surface area contributed by atoms with Crippen LogP contribution in [0.15, 0.2) is 48.5 Å². The van der Waals surface area contributed by atoms with Gasteiger partial charge in [-0.2, -0.15) is 0 Å². The second-order valence-electron chi connectivity index (χ2n) is 7.19. The van der Waals surface area contributed by atoms with Gasteiger partial charge in [0.1, 0.15) is 11.5 Å². The molecule has 0 bridgehead atoms. The molecule has 1 fully saturated rings. The monoisotopic (exact) mass is 431 g/mol. The summed E-state index contributed by atoms with van der Waals surface area (Å²) in [4.78, 5) is 26.8. The van der Waals surface area contributed by atoms with Crippen molar-refractivity contribution in [3.63, 3.8) is 0 Å². The van der Waals surface area contributed by atoms with E-state index in [0.29, 0.717) is 16.5 Å². The van der Waals surface area contributed by atoms with Gasteiger partial charge in [-0.3, -0.25) is 4.79 Å². The van der Waals surface area contributed by atoms with E-state index >= 15 is 0 Å². The van der Waals surface area contributed by atoms with Crippen LogP contribution in [-0.4, -0.2) is 49.2 Å². The number of esters is 1. The molecule has 1 saturated heterocycles. The van der Waals surface area contributed by atoms with Gasteiger partial charge in [-0.1, -0.05) is 29.8 Å². The zero-order valence-corrected chi connectivity index (χ0v) is 17.9. The summed E-state index contributed by atoms with van der Waals surface area (Å²) in [7, 11) is 1.32. The Balaban J connectivity index is 1.74. The van der Waals surface area contributed by atoms with Crippen LogP contribution in [0.3, 0.4) is 0 Å². The Morgan fingerprint density at radius 2 is 1.70 bits per heavy atom. The van der Waals surface area contributed by atoms with Gasteiger partial charge in [0, 0.05) is 24.5 Å². The van der Waals surface area contributed by atoms with Gasteiger partial charge in [0.05, 0.1) is 7.11 Å². The van der Waals surface area contributed by atoms with Gasteiger partial charge in [-0.05, 0) is 55.7 Å². The van der Waals surface area contributed by atoms with Gasteiger partial charge < -0.3 is 19.1 Å². The van der Waals surface area contributed by atoms with E-state index in [1.165, 1.54) is 7.11 Å². The average molecular weight is 432 g/mol. The Labute approximate surface area is 181 Å². The molecule has 7 heteroatoms.